The van der Waals surface area contributed by atoms with Crippen LogP contribution in [0.25, 0.3) is 0 Å². The normalized spacial score (nSPS) is 9.24. The van der Waals surface area contributed by atoms with Gasteiger partial charge in [0.15, 0.2) is 0 Å². The SMILES string of the molecule is CCOC(=O)C(=O)Nc1cccc(Br)c1C#N. The molecule has 0 unspecified atom stereocenters. The van der Waals surface area contributed by atoms with E-state index >= 15 is 0 Å². The van der Waals surface area contributed by atoms with Crippen LogP contribution in [0.2, 0.25) is 0 Å². The van der Waals surface area contributed by atoms with Gasteiger partial charge in [0.25, 0.3) is 0 Å². The van der Waals surface area contributed by atoms with Gasteiger partial charge in [-0.1, -0.05) is 6.07 Å². The zero-order valence-electron chi connectivity index (χ0n) is 8.99. The summed E-state index contributed by atoms with van der Waals surface area (Å²) >= 11 is 3.18. The molecule has 0 saturated carbocycles. The standard InChI is InChI=1S/C11H9BrN2O3/c1-2-17-11(16)10(15)14-9-5-3-4-8(12)7(9)6-13/h3-5H,2H2,1H3,(H,14,15). The van der Waals surface area contributed by atoms with Crippen LogP contribution in [0.15, 0.2) is 22.7 Å². The van der Waals surface area contributed by atoms with Crippen LogP contribution in [-0.4, -0.2) is 18.5 Å². The molecule has 0 aromatic heterocycles. The maximum Gasteiger partial charge on any atom is 0.397 e. The van der Waals surface area contributed by atoms with Crippen molar-refractivity contribution < 1.29 is 14.3 Å². The van der Waals surface area contributed by atoms with Crippen LogP contribution in [0.1, 0.15) is 12.5 Å². The van der Waals surface area contributed by atoms with E-state index in [2.05, 4.69) is 26.0 Å². The summed E-state index contributed by atoms with van der Waals surface area (Å²) in [6, 6.07) is 6.76. The number of ether oxygens (including phenoxy) is 1. The molecule has 0 aliphatic heterocycles. The molecule has 5 nitrogen and oxygen atoms in total. The first kappa shape index (κ1) is 13.2. The van der Waals surface area contributed by atoms with Gasteiger partial charge in [0.2, 0.25) is 0 Å². The second-order valence-electron chi connectivity index (χ2n) is 2.95. The van der Waals surface area contributed by atoms with Gasteiger partial charge in [-0.3, -0.25) is 4.79 Å². The van der Waals surface area contributed by atoms with Crippen molar-refractivity contribution in [2.24, 2.45) is 0 Å². The minimum absolute atomic E-state index is 0.121. The van der Waals surface area contributed by atoms with Crippen molar-refractivity contribution >= 4 is 33.5 Å². The van der Waals surface area contributed by atoms with E-state index in [1.165, 1.54) is 6.07 Å². The highest BCUT2D eigenvalue weighted by molar-refractivity contribution is 9.10. The van der Waals surface area contributed by atoms with E-state index in [0.29, 0.717) is 4.47 Å². The highest BCUT2D eigenvalue weighted by Crippen LogP contribution is 2.23. The fourth-order valence-corrected chi connectivity index (χ4v) is 1.57. The summed E-state index contributed by atoms with van der Waals surface area (Å²) in [5.41, 5.74) is 0.519. The lowest BCUT2D eigenvalue weighted by Crippen LogP contribution is -2.25. The van der Waals surface area contributed by atoms with Gasteiger partial charge in [-0.25, -0.2) is 4.79 Å². The van der Waals surface area contributed by atoms with Crippen LogP contribution in [0.4, 0.5) is 5.69 Å². The summed E-state index contributed by atoms with van der Waals surface area (Å²) in [6.07, 6.45) is 0. The Morgan fingerprint density at radius 1 is 1.53 bits per heavy atom. The number of rotatable bonds is 2. The first-order chi connectivity index (χ1) is 8.10. The molecule has 0 bridgehead atoms. The van der Waals surface area contributed by atoms with Crippen LogP contribution in [0, 0.1) is 11.3 Å². The quantitative estimate of drug-likeness (QED) is 0.667. The van der Waals surface area contributed by atoms with Crippen molar-refractivity contribution in [2.45, 2.75) is 6.92 Å². The number of amides is 1. The third kappa shape index (κ3) is 3.29. The molecule has 1 aromatic rings. The fourth-order valence-electron chi connectivity index (χ4n) is 1.11. The molecule has 88 valence electrons. The van der Waals surface area contributed by atoms with E-state index in [1.807, 2.05) is 6.07 Å². The largest absolute Gasteiger partial charge is 0.459 e. The molecule has 0 aliphatic rings. The topological polar surface area (TPSA) is 79.2 Å². The maximum absolute atomic E-state index is 11.4. The summed E-state index contributed by atoms with van der Waals surface area (Å²) in [7, 11) is 0. The summed E-state index contributed by atoms with van der Waals surface area (Å²) in [6.45, 7) is 1.72. The summed E-state index contributed by atoms with van der Waals surface area (Å²) < 4.78 is 5.08. The lowest BCUT2D eigenvalue weighted by Gasteiger charge is -2.07. The highest BCUT2D eigenvalue weighted by atomic mass is 79.9. The molecular formula is C11H9BrN2O3. The monoisotopic (exact) mass is 296 g/mol. The number of anilines is 1. The Morgan fingerprint density at radius 3 is 2.82 bits per heavy atom. The van der Waals surface area contributed by atoms with Gasteiger partial charge in [-0.05, 0) is 35.0 Å². The molecule has 0 saturated heterocycles. The van der Waals surface area contributed by atoms with Gasteiger partial charge in [-0.15, -0.1) is 0 Å². The van der Waals surface area contributed by atoms with Crippen LogP contribution >= 0.6 is 15.9 Å². The smallest absolute Gasteiger partial charge is 0.397 e. The Hall–Kier alpha value is -1.87. The van der Waals surface area contributed by atoms with E-state index in [9.17, 15) is 9.59 Å². The molecule has 1 N–H and O–H groups in total. The van der Waals surface area contributed by atoms with Crippen molar-refractivity contribution in [1.29, 1.82) is 5.26 Å². The Morgan fingerprint density at radius 2 is 2.24 bits per heavy atom. The van der Waals surface area contributed by atoms with Crippen molar-refractivity contribution in [3.8, 4) is 6.07 Å². The summed E-state index contributed by atoms with van der Waals surface area (Å²) in [5, 5.41) is 11.2. The van der Waals surface area contributed by atoms with Crippen LogP contribution < -0.4 is 5.32 Å². The summed E-state index contributed by atoms with van der Waals surface area (Å²) in [5.74, 6) is -1.88. The van der Waals surface area contributed by atoms with Crippen molar-refractivity contribution in [3.63, 3.8) is 0 Å². The molecule has 0 fully saturated rings. The van der Waals surface area contributed by atoms with E-state index in [1.54, 1.807) is 19.1 Å². The number of nitrogens with one attached hydrogen (secondary N) is 1. The number of hydrogen-bond acceptors (Lipinski definition) is 4. The number of carbonyl (C=O) groups excluding carboxylic acids is 2. The van der Waals surface area contributed by atoms with Gasteiger partial charge >= 0.3 is 11.9 Å². The molecule has 0 heterocycles. The molecule has 0 aliphatic carbocycles. The molecule has 17 heavy (non-hydrogen) atoms. The van der Waals surface area contributed by atoms with E-state index in [0.717, 1.165) is 0 Å². The number of nitriles is 1. The lowest BCUT2D eigenvalue weighted by atomic mass is 10.2. The number of halogens is 1. The second-order valence-corrected chi connectivity index (χ2v) is 3.80. The predicted octanol–water partition coefficient (Wildman–Crippen LogP) is 1.82. The van der Waals surface area contributed by atoms with E-state index < -0.39 is 11.9 Å². The van der Waals surface area contributed by atoms with Gasteiger partial charge in [0.05, 0.1) is 17.9 Å². The Balaban J connectivity index is 2.90. The van der Waals surface area contributed by atoms with Gasteiger partial charge in [0, 0.05) is 4.47 Å². The first-order valence-corrected chi connectivity index (χ1v) is 5.56. The van der Waals surface area contributed by atoms with Crippen molar-refractivity contribution in [3.05, 3.63) is 28.2 Å². The number of esters is 1. The van der Waals surface area contributed by atoms with E-state index in [4.69, 9.17) is 5.26 Å². The average Bonchev–Trinajstić information content (AvgIpc) is 2.29. The molecule has 0 radical (unpaired) electrons. The highest BCUT2D eigenvalue weighted by Gasteiger charge is 2.17. The van der Waals surface area contributed by atoms with Crippen LogP contribution in [0.3, 0.4) is 0 Å². The zero-order chi connectivity index (χ0) is 12.8. The molecule has 0 spiro atoms. The molecule has 1 rings (SSSR count). The minimum Gasteiger partial charge on any atom is -0.459 e. The van der Waals surface area contributed by atoms with E-state index in [-0.39, 0.29) is 17.9 Å². The van der Waals surface area contributed by atoms with Crippen molar-refractivity contribution in [2.75, 3.05) is 11.9 Å². The summed E-state index contributed by atoms with van der Waals surface area (Å²) in [4.78, 5) is 22.5. The molecule has 0 atom stereocenters. The van der Waals surface area contributed by atoms with Gasteiger partial charge in [0.1, 0.15) is 6.07 Å². The number of benzene rings is 1. The maximum atomic E-state index is 11.4. The van der Waals surface area contributed by atoms with Crippen molar-refractivity contribution in [1.82, 2.24) is 0 Å². The van der Waals surface area contributed by atoms with Gasteiger partial charge < -0.3 is 10.1 Å². The third-order valence-electron chi connectivity index (χ3n) is 1.83. The Labute approximate surface area is 107 Å². The Bertz CT molecular complexity index is 494. The molecular weight excluding hydrogens is 288 g/mol. The van der Waals surface area contributed by atoms with Crippen LogP contribution in [0.5, 0.6) is 0 Å². The first-order valence-electron chi connectivity index (χ1n) is 4.76. The fraction of sp³-hybridized carbons (Fsp3) is 0.182. The van der Waals surface area contributed by atoms with Crippen LogP contribution in [-0.2, 0) is 14.3 Å². The zero-order valence-corrected chi connectivity index (χ0v) is 10.6. The Kier molecular flexibility index (Phi) is 4.67. The van der Waals surface area contributed by atoms with Gasteiger partial charge in [-0.2, -0.15) is 5.26 Å². The molecule has 6 heteroatoms. The molecule has 1 aromatic carbocycles. The number of nitrogens with zero attached hydrogens (tertiary/aromatic N) is 1. The molecule has 1 amide bonds. The number of hydrogen-bond donors (Lipinski definition) is 1. The third-order valence-corrected chi connectivity index (χ3v) is 2.50. The number of carbonyl (C=O) groups is 2. The lowest BCUT2D eigenvalue weighted by molar-refractivity contribution is -0.152. The average molecular weight is 297 g/mol. The second kappa shape index (κ2) is 6.01. The minimum atomic E-state index is -0.976. The predicted molar refractivity (Wildman–Crippen MR) is 64.1 cm³/mol.